The van der Waals surface area contributed by atoms with Crippen molar-refractivity contribution in [1.82, 2.24) is 10.2 Å². The van der Waals surface area contributed by atoms with Crippen molar-refractivity contribution in [3.8, 4) is 0 Å². The van der Waals surface area contributed by atoms with Gasteiger partial charge >= 0.3 is 5.97 Å². The van der Waals surface area contributed by atoms with Crippen LogP contribution in [0.1, 0.15) is 12.0 Å². The summed E-state index contributed by atoms with van der Waals surface area (Å²) in [4.78, 5) is 36.3. The van der Waals surface area contributed by atoms with E-state index >= 15 is 0 Å². The van der Waals surface area contributed by atoms with E-state index in [4.69, 9.17) is 16.7 Å². The summed E-state index contributed by atoms with van der Waals surface area (Å²) >= 11 is 6.01. The molecule has 21 heavy (non-hydrogen) atoms. The monoisotopic (exact) mass is 310 g/mol. The van der Waals surface area contributed by atoms with Crippen LogP contribution in [0, 0.1) is 0 Å². The van der Waals surface area contributed by atoms with Gasteiger partial charge in [0.15, 0.2) is 0 Å². The lowest BCUT2D eigenvalue weighted by Crippen LogP contribution is -2.58. The molecule has 1 unspecified atom stereocenters. The summed E-state index contributed by atoms with van der Waals surface area (Å²) in [6.07, 6.45) is -0.358. The molecular weight excluding hydrogens is 296 g/mol. The third-order valence-corrected chi connectivity index (χ3v) is 3.69. The predicted octanol–water partition coefficient (Wildman–Crippen LogP) is 0.684. The van der Waals surface area contributed by atoms with Crippen molar-refractivity contribution >= 4 is 29.4 Å². The van der Waals surface area contributed by atoms with Crippen LogP contribution < -0.4 is 5.32 Å². The average Bonchev–Trinajstić information content (AvgIpc) is 2.43. The van der Waals surface area contributed by atoms with Gasteiger partial charge in [0.05, 0.1) is 12.8 Å². The van der Waals surface area contributed by atoms with Crippen LogP contribution in [0.3, 0.4) is 0 Å². The Kier molecular flexibility index (Phi) is 4.80. The third-order valence-electron chi connectivity index (χ3n) is 3.32. The number of carboxylic acid groups (broad SMARTS) is 1. The van der Waals surface area contributed by atoms with Crippen LogP contribution in [0.2, 0.25) is 5.02 Å². The maximum atomic E-state index is 12.4. The van der Waals surface area contributed by atoms with Crippen LogP contribution in [0.5, 0.6) is 0 Å². The minimum Gasteiger partial charge on any atom is -0.481 e. The lowest BCUT2D eigenvalue weighted by Gasteiger charge is -2.34. The Morgan fingerprint density at radius 1 is 1.38 bits per heavy atom. The van der Waals surface area contributed by atoms with Gasteiger partial charge in [-0.05, 0) is 11.6 Å². The van der Waals surface area contributed by atoms with Gasteiger partial charge in [-0.15, -0.1) is 0 Å². The first-order chi connectivity index (χ1) is 9.99. The van der Waals surface area contributed by atoms with E-state index in [1.165, 1.54) is 4.90 Å². The molecule has 0 aromatic heterocycles. The maximum Gasteiger partial charge on any atom is 0.305 e. The van der Waals surface area contributed by atoms with E-state index in [-0.39, 0.29) is 12.3 Å². The van der Waals surface area contributed by atoms with Crippen molar-refractivity contribution in [1.29, 1.82) is 0 Å². The number of nitrogens with one attached hydrogen (secondary N) is 1. The van der Waals surface area contributed by atoms with Gasteiger partial charge in [0, 0.05) is 18.1 Å². The quantitative estimate of drug-likeness (QED) is 0.856. The minimum absolute atomic E-state index is 0.0447. The van der Waals surface area contributed by atoms with Gasteiger partial charge in [0.1, 0.15) is 6.04 Å². The number of nitrogens with zero attached hydrogens (tertiary/aromatic N) is 1. The molecule has 2 amide bonds. The number of rotatable bonds is 4. The van der Waals surface area contributed by atoms with Crippen LogP contribution >= 0.6 is 11.6 Å². The largest absolute Gasteiger partial charge is 0.481 e. The molecule has 0 aliphatic carbocycles. The van der Waals surface area contributed by atoms with E-state index in [9.17, 15) is 14.4 Å². The highest BCUT2D eigenvalue weighted by molar-refractivity contribution is 6.31. The summed E-state index contributed by atoms with van der Waals surface area (Å²) in [6, 6.07) is 5.98. The predicted molar refractivity (Wildman–Crippen MR) is 75.9 cm³/mol. The number of hydrogen-bond acceptors (Lipinski definition) is 3. The van der Waals surface area contributed by atoms with Crippen molar-refractivity contribution in [3.63, 3.8) is 0 Å². The number of hydrogen-bond donors (Lipinski definition) is 2. The van der Waals surface area contributed by atoms with E-state index in [0.717, 1.165) is 0 Å². The fourth-order valence-corrected chi connectivity index (χ4v) is 2.49. The van der Waals surface area contributed by atoms with Gasteiger partial charge in [-0.1, -0.05) is 29.8 Å². The zero-order valence-corrected chi connectivity index (χ0v) is 12.0. The summed E-state index contributed by atoms with van der Waals surface area (Å²) in [6.45, 7) is 0.621. The van der Waals surface area contributed by atoms with Crippen molar-refractivity contribution < 1.29 is 19.5 Å². The molecular formula is C14H15ClN2O4. The molecule has 0 saturated carbocycles. The van der Waals surface area contributed by atoms with Gasteiger partial charge in [-0.3, -0.25) is 14.4 Å². The Bertz CT molecular complexity index is 576. The Morgan fingerprint density at radius 3 is 2.76 bits per heavy atom. The fraction of sp³-hybridized carbons (Fsp3) is 0.357. The fourth-order valence-electron chi connectivity index (χ4n) is 2.29. The molecule has 1 heterocycles. The normalized spacial score (nSPS) is 18.2. The van der Waals surface area contributed by atoms with E-state index < -0.39 is 24.3 Å². The molecule has 1 saturated heterocycles. The molecule has 6 nitrogen and oxygen atoms in total. The van der Waals surface area contributed by atoms with Gasteiger partial charge in [0.25, 0.3) is 0 Å². The lowest BCUT2D eigenvalue weighted by molar-refractivity contribution is -0.148. The Balaban J connectivity index is 2.14. The molecule has 0 bridgehead atoms. The molecule has 2 N–H and O–H groups in total. The summed E-state index contributed by atoms with van der Waals surface area (Å²) < 4.78 is 0. The topological polar surface area (TPSA) is 86.7 Å². The summed E-state index contributed by atoms with van der Waals surface area (Å²) in [7, 11) is 0. The first kappa shape index (κ1) is 15.3. The molecule has 1 aliphatic rings. The Morgan fingerprint density at radius 2 is 2.10 bits per heavy atom. The molecule has 0 radical (unpaired) electrons. The number of aliphatic carboxylic acids is 1. The maximum absolute atomic E-state index is 12.4. The number of carbonyl (C=O) groups excluding carboxylic acids is 2. The van der Waals surface area contributed by atoms with E-state index in [1.54, 1.807) is 24.3 Å². The number of carboxylic acids is 1. The number of benzene rings is 1. The summed E-state index contributed by atoms with van der Waals surface area (Å²) in [5.41, 5.74) is 0.657. The molecule has 0 spiro atoms. The van der Waals surface area contributed by atoms with Crippen molar-refractivity contribution in [2.24, 2.45) is 0 Å². The standard InChI is InChI=1S/C14H15ClN2O4/c15-10-4-2-1-3-9(10)7-12(18)17-6-5-16-14(21)11(17)8-13(19)20/h1-4,11H,5-8H2,(H,16,21)(H,19,20). The SMILES string of the molecule is O=C(O)CC1C(=O)NCCN1C(=O)Cc1ccccc1Cl. The van der Waals surface area contributed by atoms with E-state index in [0.29, 0.717) is 23.7 Å². The summed E-state index contributed by atoms with van der Waals surface area (Å²) in [5.74, 6) is -1.85. The highest BCUT2D eigenvalue weighted by Gasteiger charge is 2.34. The van der Waals surface area contributed by atoms with Gasteiger partial charge in [-0.2, -0.15) is 0 Å². The van der Waals surface area contributed by atoms with Gasteiger partial charge in [-0.25, -0.2) is 0 Å². The smallest absolute Gasteiger partial charge is 0.305 e. The number of piperazine rings is 1. The van der Waals surface area contributed by atoms with Crippen molar-refractivity contribution in [2.75, 3.05) is 13.1 Å². The van der Waals surface area contributed by atoms with Crippen molar-refractivity contribution in [2.45, 2.75) is 18.9 Å². The molecule has 1 aromatic carbocycles. The van der Waals surface area contributed by atoms with E-state index in [1.807, 2.05) is 0 Å². The average molecular weight is 311 g/mol. The van der Waals surface area contributed by atoms with Crippen molar-refractivity contribution in [3.05, 3.63) is 34.9 Å². The molecule has 1 fully saturated rings. The molecule has 112 valence electrons. The van der Waals surface area contributed by atoms with Crippen LogP contribution in [0.25, 0.3) is 0 Å². The number of amides is 2. The van der Waals surface area contributed by atoms with Gasteiger partial charge in [0.2, 0.25) is 11.8 Å². The first-order valence-electron chi connectivity index (χ1n) is 6.51. The highest BCUT2D eigenvalue weighted by atomic mass is 35.5. The van der Waals surface area contributed by atoms with Gasteiger partial charge < -0.3 is 15.3 Å². The number of carbonyl (C=O) groups is 3. The van der Waals surface area contributed by atoms with Crippen LogP contribution in [0.15, 0.2) is 24.3 Å². The molecule has 1 atom stereocenters. The first-order valence-corrected chi connectivity index (χ1v) is 6.89. The zero-order chi connectivity index (χ0) is 15.4. The molecule has 1 aromatic rings. The van der Waals surface area contributed by atoms with Crippen LogP contribution in [0.4, 0.5) is 0 Å². The zero-order valence-electron chi connectivity index (χ0n) is 11.2. The minimum atomic E-state index is -1.12. The summed E-state index contributed by atoms with van der Waals surface area (Å²) in [5, 5.41) is 11.9. The molecule has 1 aliphatic heterocycles. The Labute approximate surface area is 126 Å². The number of halogens is 1. The molecule has 7 heteroatoms. The second kappa shape index (κ2) is 6.58. The second-order valence-corrected chi connectivity index (χ2v) is 5.17. The molecule has 2 rings (SSSR count). The van der Waals surface area contributed by atoms with Crippen LogP contribution in [-0.4, -0.2) is 46.9 Å². The van der Waals surface area contributed by atoms with E-state index in [2.05, 4.69) is 5.32 Å². The third kappa shape index (κ3) is 3.72. The lowest BCUT2D eigenvalue weighted by atomic mass is 10.1. The highest BCUT2D eigenvalue weighted by Crippen LogP contribution is 2.18. The van der Waals surface area contributed by atoms with Crippen LogP contribution in [-0.2, 0) is 20.8 Å². The Hall–Kier alpha value is -2.08. The second-order valence-electron chi connectivity index (χ2n) is 4.76.